The minimum absolute atomic E-state index is 0.200. The fraction of sp³-hybridized carbons (Fsp3) is 0.294. The van der Waals surface area contributed by atoms with Gasteiger partial charge in [0.1, 0.15) is 5.82 Å². The summed E-state index contributed by atoms with van der Waals surface area (Å²) in [4.78, 5) is 0. The lowest BCUT2D eigenvalue weighted by atomic mass is 10.0. The molecular weight excluding hydrogens is 273 g/mol. The van der Waals surface area contributed by atoms with Crippen molar-refractivity contribution < 1.29 is 4.39 Å². The Morgan fingerprint density at radius 1 is 1.00 bits per heavy atom. The molecular formula is C17H19ClFN. The summed E-state index contributed by atoms with van der Waals surface area (Å²) in [6.07, 6.45) is 0.948. The van der Waals surface area contributed by atoms with E-state index in [9.17, 15) is 4.39 Å². The molecule has 106 valence electrons. The average molecular weight is 292 g/mol. The first-order valence-electron chi connectivity index (χ1n) is 6.87. The summed E-state index contributed by atoms with van der Waals surface area (Å²) in [7, 11) is 0. The molecule has 2 aromatic rings. The first-order chi connectivity index (χ1) is 9.60. The van der Waals surface area contributed by atoms with Crippen molar-refractivity contribution in [1.29, 1.82) is 0 Å². The summed E-state index contributed by atoms with van der Waals surface area (Å²) in [6, 6.07) is 15.0. The van der Waals surface area contributed by atoms with Crippen molar-refractivity contribution in [2.24, 2.45) is 0 Å². The highest BCUT2D eigenvalue weighted by molar-refractivity contribution is 6.30. The van der Waals surface area contributed by atoms with Crippen molar-refractivity contribution in [3.8, 4) is 0 Å². The summed E-state index contributed by atoms with van der Waals surface area (Å²) in [6.45, 7) is 4.24. The van der Waals surface area contributed by atoms with Crippen molar-refractivity contribution >= 4 is 11.6 Å². The Labute approximate surface area is 124 Å². The molecule has 0 fully saturated rings. The summed E-state index contributed by atoms with van der Waals surface area (Å²) in [5, 5.41) is 4.31. The molecule has 0 heterocycles. The Kier molecular flexibility index (Phi) is 5.16. The SMILES string of the molecule is CCC(N[C@H](C)c1ccc(Cl)cc1)c1ccc(F)cc1. The van der Waals surface area contributed by atoms with E-state index in [-0.39, 0.29) is 17.9 Å². The highest BCUT2D eigenvalue weighted by Gasteiger charge is 2.13. The van der Waals surface area contributed by atoms with Gasteiger partial charge in [-0.3, -0.25) is 0 Å². The van der Waals surface area contributed by atoms with Crippen molar-refractivity contribution in [3.05, 3.63) is 70.5 Å². The largest absolute Gasteiger partial charge is 0.303 e. The molecule has 0 aliphatic rings. The summed E-state index contributed by atoms with van der Waals surface area (Å²) in [5.74, 6) is -0.200. The van der Waals surface area contributed by atoms with Gasteiger partial charge < -0.3 is 5.32 Å². The Bertz CT molecular complexity index is 536. The predicted octanol–water partition coefficient (Wildman–Crippen LogP) is 5.28. The number of nitrogens with one attached hydrogen (secondary N) is 1. The van der Waals surface area contributed by atoms with Crippen LogP contribution in [0.4, 0.5) is 4.39 Å². The van der Waals surface area contributed by atoms with Gasteiger partial charge in [-0.25, -0.2) is 4.39 Å². The van der Waals surface area contributed by atoms with E-state index < -0.39 is 0 Å². The monoisotopic (exact) mass is 291 g/mol. The molecule has 0 spiro atoms. The Balaban J connectivity index is 2.09. The molecule has 3 heteroatoms. The predicted molar refractivity (Wildman–Crippen MR) is 82.4 cm³/mol. The molecule has 1 unspecified atom stereocenters. The Morgan fingerprint density at radius 3 is 2.10 bits per heavy atom. The van der Waals surface area contributed by atoms with Gasteiger partial charge >= 0.3 is 0 Å². The van der Waals surface area contributed by atoms with Crippen LogP contribution in [0.25, 0.3) is 0 Å². The quantitative estimate of drug-likeness (QED) is 0.790. The molecule has 2 aromatic carbocycles. The maximum Gasteiger partial charge on any atom is 0.123 e. The van der Waals surface area contributed by atoms with Crippen LogP contribution < -0.4 is 5.32 Å². The molecule has 0 aromatic heterocycles. The van der Waals surface area contributed by atoms with Crippen LogP contribution in [0.5, 0.6) is 0 Å². The van der Waals surface area contributed by atoms with Crippen LogP contribution in [0, 0.1) is 5.82 Å². The van der Waals surface area contributed by atoms with Crippen LogP contribution in [0.1, 0.15) is 43.5 Å². The van der Waals surface area contributed by atoms with Crippen LogP contribution in [0.2, 0.25) is 5.02 Å². The molecule has 0 saturated heterocycles. The second-order valence-corrected chi connectivity index (χ2v) is 5.39. The maximum atomic E-state index is 13.0. The van der Waals surface area contributed by atoms with Crippen LogP contribution in [0.3, 0.4) is 0 Å². The molecule has 0 amide bonds. The third-order valence-electron chi connectivity index (χ3n) is 3.50. The van der Waals surface area contributed by atoms with Gasteiger partial charge in [-0.05, 0) is 48.7 Å². The van der Waals surface area contributed by atoms with E-state index in [1.807, 2.05) is 36.4 Å². The summed E-state index contributed by atoms with van der Waals surface area (Å²) >= 11 is 5.90. The summed E-state index contributed by atoms with van der Waals surface area (Å²) in [5.41, 5.74) is 2.30. The fourth-order valence-electron chi connectivity index (χ4n) is 2.29. The van der Waals surface area contributed by atoms with E-state index in [0.29, 0.717) is 0 Å². The van der Waals surface area contributed by atoms with Crippen LogP contribution in [-0.2, 0) is 0 Å². The maximum absolute atomic E-state index is 13.0. The lowest BCUT2D eigenvalue weighted by Crippen LogP contribution is -2.24. The van der Waals surface area contributed by atoms with E-state index in [1.54, 1.807) is 0 Å². The molecule has 0 aliphatic carbocycles. The van der Waals surface area contributed by atoms with Gasteiger partial charge in [0.2, 0.25) is 0 Å². The van der Waals surface area contributed by atoms with E-state index in [4.69, 9.17) is 11.6 Å². The van der Waals surface area contributed by atoms with E-state index in [2.05, 4.69) is 19.2 Å². The number of halogens is 2. The molecule has 20 heavy (non-hydrogen) atoms. The highest BCUT2D eigenvalue weighted by Crippen LogP contribution is 2.23. The zero-order chi connectivity index (χ0) is 14.5. The third-order valence-corrected chi connectivity index (χ3v) is 3.75. The van der Waals surface area contributed by atoms with Crippen LogP contribution >= 0.6 is 11.6 Å². The lowest BCUT2D eigenvalue weighted by molar-refractivity contribution is 0.456. The first kappa shape index (κ1) is 15.0. The third kappa shape index (κ3) is 3.81. The minimum Gasteiger partial charge on any atom is -0.303 e. The minimum atomic E-state index is -0.200. The van der Waals surface area contributed by atoms with Crippen LogP contribution in [0.15, 0.2) is 48.5 Å². The Morgan fingerprint density at radius 2 is 1.55 bits per heavy atom. The average Bonchev–Trinajstić information content (AvgIpc) is 2.46. The van der Waals surface area contributed by atoms with Gasteiger partial charge in [0.05, 0.1) is 0 Å². The first-order valence-corrected chi connectivity index (χ1v) is 7.25. The van der Waals surface area contributed by atoms with Gasteiger partial charge in [0.15, 0.2) is 0 Å². The van der Waals surface area contributed by atoms with E-state index in [1.165, 1.54) is 17.7 Å². The fourth-order valence-corrected chi connectivity index (χ4v) is 2.42. The van der Waals surface area contributed by atoms with E-state index in [0.717, 1.165) is 17.0 Å². The zero-order valence-electron chi connectivity index (χ0n) is 11.7. The zero-order valence-corrected chi connectivity index (χ0v) is 12.5. The van der Waals surface area contributed by atoms with Gasteiger partial charge in [-0.2, -0.15) is 0 Å². The molecule has 0 bridgehead atoms. The van der Waals surface area contributed by atoms with Gasteiger partial charge in [-0.15, -0.1) is 0 Å². The topological polar surface area (TPSA) is 12.0 Å². The van der Waals surface area contributed by atoms with Crippen molar-refractivity contribution in [2.45, 2.75) is 32.4 Å². The molecule has 0 radical (unpaired) electrons. The van der Waals surface area contributed by atoms with Crippen molar-refractivity contribution in [3.63, 3.8) is 0 Å². The number of rotatable bonds is 5. The molecule has 1 nitrogen and oxygen atoms in total. The smallest absolute Gasteiger partial charge is 0.123 e. The standard InChI is InChI=1S/C17H19ClFN/c1-3-17(14-6-10-16(19)11-7-14)20-12(2)13-4-8-15(18)9-5-13/h4-12,17,20H,3H2,1-2H3/t12-,17?/m1/s1. The van der Waals surface area contributed by atoms with Gasteiger partial charge in [-0.1, -0.05) is 42.8 Å². The second kappa shape index (κ2) is 6.87. The second-order valence-electron chi connectivity index (χ2n) is 4.95. The number of hydrogen-bond donors (Lipinski definition) is 1. The molecule has 2 atom stereocenters. The normalized spacial score (nSPS) is 14.0. The van der Waals surface area contributed by atoms with Gasteiger partial charge in [0.25, 0.3) is 0 Å². The van der Waals surface area contributed by atoms with E-state index >= 15 is 0 Å². The van der Waals surface area contributed by atoms with Gasteiger partial charge in [0, 0.05) is 17.1 Å². The summed E-state index contributed by atoms with van der Waals surface area (Å²) < 4.78 is 13.0. The lowest BCUT2D eigenvalue weighted by Gasteiger charge is -2.23. The molecule has 1 N–H and O–H groups in total. The highest BCUT2D eigenvalue weighted by atomic mass is 35.5. The van der Waals surface area contributed by atoms with Crippen molar-refractivity contribution in [2.75, 3.05) is 0 Å². The number of hydrogen-bond acceptors (Lipinski definition) is 1. The molecule has 2 rings (SSSR count). The van der Waals surface area contributed by atoms with Crippen LogP contribution in [-0.4, -0.2) is 0 Å². The Hall–Kier alpha value is -1.38. The number of benzene rings is 2. The van der Waals surface area contributed by atoms with Crippen molar-refractivity contribution in [1.82, 2.24) is 5.32 Å². The molecule has 0 aliphatic heterocycles. The molecule has 0 saturated carbocycles.